The predicted molar refractivity (Wildman–Crippen MR) is 149 cm³/mol. The molecule has 2 amide bonds. The molecule has 0 saturated carbocycles. The van der Waals surface area contributed by atoms with E-state index in [1.165, 1.54) is 0 Å². The average Bonchev–Trinajstić information content (AvgIpc) is 2.95. The average molecular weight is 533 g/mol. The van der Waals surface area contributed by atoms with Crippen molar-refractivity contribution >= 4 is 17.8 Å². The lowest BCUT2D eigenvalue weighted by atomic mass is 10.0. The number of nitrogens with one attached hydrogen (secondary N) is 3. The monoisotopic (exact) mass is 532 g/mol. The van der Waals surface area contributed by atoms with Gasteiger partial charge in [-0.2, -0.15) is 0 Å². The summed E-state index contributed by atoms with van der Waals surface area (Å²) in [6.45, 7) is 2.75. The first kappa shape index (κ1) is 29.3. The summed E-state index contributed by atoms with van der Waals surface area (Å²) in [5, 5.41) is 17.8. The minimum Gasteiger partial charge on any atom is -0.494 e. The van der Waals surface area contributed by atoms with Crippen molar-refractivity contribution in [2.75, 3.05) is 13.2 Å². The molecule has 0 bridgehead atoms. The number of carbonyl (C=O) groups is 3. The normalized spacial score (nSPS) is 12.3. The van der Waals surface area contributed by atoms with Gasteiger partial charge in [-0.1, -0.05) is 66.7 Å². The molecule has 3 aromatic rings. The Morgan fingerprint density at radius 3 is 2.00 bits per heavy atom. The maximum absolute atomic E-state index is 13.4. The largest absolute Gasteiger partial charge is 0.494 e. The summed E-state index contributed by atoms with van der Waals surface area (Å²) in [7, 11) is 0. The van der Waals surface area contributed by atoms with Crippen LogP contribution in [0.2, 0.25) is 0 Å². The van der Waals surface area contributed by atoms with Crippen LogP contribution in [0.4, 0.5) is 0 Å². The number of nitrogens with two attached hydrogens (primary N) is 1. The van der Waals surface area contributed by atoms with Crippen molar-refractivity contribution in [3.63, 3.8) is 0 Å². The van der Waals surface area contributed by atoms with Crippen molar-refractivity contribution in [3.05, 3.63) is 101 Å². The molecule has 0 unspecified atom stereocenters. The molecular weight excluding hydrogens is 496 g/mol. The molecule has 0 saturated heterocycles. The fourth-order valence-electron chi connectivity index (χ4n) is 4.03. The summed E-state index contributed by atoms with van der Waals surface area (Å²) in [4.78, 5) is 37.9. The van der Waals surface area contributed by atoms with Gasteiger partial charge in [0.25, 0.3) is 0 Å². The lowest BCUT2D eigenvalue weighted by Gasteiger charge is -2.23. The minimum absolute atomic E-state index is 0.235. The van der Waals surface area contributed by atoms with E-state index in [1.54, 1.807) is 12.1 Å². The molecule has 0 fully saturated rings. The summed E-state index contributed by atoms with van der Waals surface area (Å²) in [5.74, 6) is -1.18. The van der Waals surface area contributed by atoms with Gasteiger partial charge in [0.1, 0.15) is 11.8 Å². The molecular formula is C30H36N4O5. The van der Waals surface area contributed by atoms with Crippen molar-refractivity contribution in [1.29, 1.82) is 0 Å². The first-order valence-electron chi connectivity index (χ1n) is 12.9. The third-order valence-corrected chi connectivity index (χ3v) is 6.13. The number of hydrogen-bond donors (Lipinski definition) is 5. The Morgan fingerprint density at radius 2 is 1.38 bits per heavy atom. The summed E-state index contributed by atoms with van der Waals surface area (Å²) in [6.07, 6.45) is 0.512. The Hall–Kier alpha value is -4.21. The van der Waals surface area contributed by atoms with E-state index in [0.717, 1.165) is 22.3 Å². The van der Waals surface area contributed by atoms with Crippen LogP contribution in [0, 0.1) is 0 Å². The number of rotatable bonds is 15. The van der Waals surface area contributed by atoms with Crippen LogP contribution in [-0.2, 0) is 40.3 Å². The number of hydrogen-bond acceptors (Lipinski definition) is 6. The van der Waals surface area contributed by atoms with E-state index in [0.29, 0.717) is 18.9 Å². The molecule has 39 heavy (non-hydrogen) atoms. The first-order valence-corrected chi connectivity index (χ1v) is 12.9. The highest BCUT2D eigenvalue weighted by Gasteiger charge is 2.26. The van der Waals surface area contributed by atoms with Crippen LogP contribution in [0.25, 0.3) is 0 Å². The molecule has 0 radical (unpaired) electrons. The second kappa shape index (κ2) is 15.3. The molecule has 3 rings (SSSR count). The molecule has 3 aromatic carbocycles. The maximum atomic E-state index is 13.4. The number of benzene rings is 3. The SMILES string of the molecule is CCOc1ccc(C[C@@H](NCC(=O)O)C(=O)N[C@@H](Cc2ccccc2)C(=O)NCc2ccc(CN)cc2)cc1. The fraction of sp³-hybridized carbons (Fsp3) is 0.300. The minimum atomic E-state index is -1.08. The third kappa shape index (κ3) is 9.88. The Morgan fingerprint density at radius 1 is 0.795 bits per heavy atom. The zero-order chi connectivity index (χ0) is 28.0. The smallest absolute Gasteiger partial charge is 0.317 e. The van der Waals surface area contributed by atoms with Crippen molar-refractivity contribution in [2.45, 2.75) is 44.9 Å². The van der Waals surface area contributed by atoms with E-state index in [1.807, 2.05) is 73.7 Å². The van der Waals surface area contributed by atoms with Crippen LogP contribution in [0.3, 0.4) is 0 Å². The highest BCUT2D eigenvalue weighted by Crippen LogP contribution is 2.14. The van der Waals surface area contributed by atoms with E-state index in [-0.39, 0.29) is 25.3 Å². The number of ether oxygens (including phenoxy) is 1. The standard InChI is InChI=1S/C30H36N4O5/c1-2-39-25-14-12-22(13-15-25)16-26(32-20-28(35)36)30(38)34-27(17-21-6-4-3-5-7-21)29(37)33-19-24-10-8-23(18-31)9-11-24/h3-15,26-27,32H,2,16-20,31H2,1H3,(H,33,37)(H,34,38)(H,35,36)/t26-,27+/m1/s1. The number of carbonyl (C=O) groups excluding carboxylic acids is 2. The van der Waals surface area contributed by atoms with Crippen LogP contribution >= 0.6 is 0 Å². The quantitative estimate of drug-likeness (QED) is 0.202. The second-order valence-corrected chi connectivity index (χ2v) is 9.10. The zero-order valence-corrected chi connectivity index (χ0v) is 22.1. The summed E-state index contributed by atoms with van der Waals surface area (Å²) >= 11 is 0. The van der Waals surface area contributed by atoms with Crippen molar-refractivity contribution < 1.29 is 24.2 Å². The Balaban J connectivity index is 1.73. The van der Waals surface area contributed by atoms with Gasteiger partial charge in [0.05, 0.1) is 19.2 Å². The van der Waals surface area contributed by atoms with E-state index in [2.05, 4.69) is 16.0 Å². The van der Waals surface area contributed by atoms with E-state index >= 15 is 0 Å². The Bertz CT molecular complexity index is 1200. The van der Waals surface area contributed by atoms with E-state index < -0.39 is 30.5 Å². The molecule has 0 aliphatic carbocycles. The van der Waals surface area contributed by atoms with E-state index in [9.17, 15) is 19.5 Å². The van der Waals surface area contributed by atoms with Crippen LogP contribution in [0.15, 0.2) is 78.9 Å². The highest BCUT2D eigenvalue weighted by atomic mass is 16.5. The van der Waals surface area contributed by atoms with E-state index in [4.69, 9.17) is 10.5 Å². The Labute approximate surface area is 228 Å². The van der Waals surface area contributed by atoms with Crippen molar-refractivity contribution in [3.8, 4) is 5.75 Å². The molecule has 0 aromatic heterocycles. The summed E-state index contributed by atoms with van der Waals surface area (Å²) in [6, 6.07) is 22.5. The summed E-state index contributed by atoms with van der Waals surface area (Å²) < 4.78 is 5.47. The lowest BCUT2D eigenvalue weighted by molar-refractivity contribution is -0.136. The van der Waals surface area contributed by atoms with Crippen molar-refractivity contribution in [1.82, 2.24) is 16.0 Å². The molecule has 206 valence electrons. The van der Waals surface area contributed by atoms with Gasteiger partial charge in [0.2, 0.25) is 11.8 Å². The molecule has 6 N–H and O–H groups in total. The Kier molecular flexibility index (Phi) is 11.5. The van der Waals surface area contributed by atoms with Gasteiger partial charge in [0, 0.05) is 19.5 Å². The molecule has 2 atom stereocenters. The maximum Gasteiger partial charge on any atom is 0.317 e. The highest BCUT2D eigenvalue weighted by molar-refractivity contribution is 5.90. The topological polar surface area (TPSA) is 143 Å². The number of amides is 2. The lowest BCUT2D eigenvalue weighted by Crippen LogP contribution is -2.54. The van der Waals surface area contributed by atoms with Gasteiger partial charge in [0.15, 0.2) is 0 Å². The van der Waals surface area contributed by atoms with Crippen LogP contribution in [0.1, 0.15) is 29.2 Å². The number of aliphatic carboxylic acids is 1. The van der Waals surface area contributed by atoms with Gasteiger partial charge < -0.3 is 26.2 Å². The van der Waals surface area contributed by atoms with Gasteiger partial charge in [-0.15, -0.1) is 0 Å². The second-order valence-electron chi connectivity index (χ2n) is 9.10. The van der Waals surface area contributed by atoms with Gasteiger partial charge in [-0.3, -0.25) is 19.7 Å². The number of carboxylic acids is 1. The van der Waals surface area contributed by atoms with Gasteiger partial charge >= 0.3 is 5.97 Å². The molecule has 0 aliphatic rings. The van der Waals surface area contributed by atoms with Crippen LogP contribution in [-0.4, -0.2) is 48.1 Å². The fourth-order valence-corrected chi connectivity index (χ4v) is 4.03. The molecule has 0 heterocycles. The predicted octanol–water partition coefficient (Wildman–Crippen LogP) is 2.17. The molecule has 9 heteroatoms. The molecule has 0 aliphatic heterocycles. The third-order valence-electron chi connectivity index (χ3n) is 6.13. The van der Waals surface area contributed by atoms with Crippen molar-refractivity contribution in [2.24, 2.45) is 5.73 Å². The zero-order valence-electron chi connectivity index (χ0n) is 22.1. The number of carboxylic acid groups (broad SMARTS) is 1. The van der Waals surface area contributed by atoms with Gasteiger partial charge in [-0.25, -0.2) is 0 Å². The van der Waals surface area contributed by atoms with Gasteiger partial charge in [-0.05, 0) is 47.7 Å². The van der Waals surface area contributed by atoms with Crippen LogP contribution in [0.5, 0.6) is 5.75 Å². The van der Waals surface area contributed by atoms with Crippen LogP contribution < -0.4 is 26.4 Å². The first-order chi connectivity index (χ1) is 18.9. The summed E-state index contributed by atoms with van der Waals surface area (Å²) in [5.41, 5.74) is 9.26. The molecule has 0 spiro atoms. The molecule has 9 nitrogen and oxygen atoms in total.